The van der Waals surface area contributed by atoms with Crippen molar-refractivity contribution in [3.05, 3.63) is 45.7 Å². The van der Waals surface area contributed by atoms with E-state index >= 15 is 0 Å². The molecule has 31 heavy (non-hydrogen) atoms. The van der Waals surface area contributed by atoms with E-state index in [1.165, 1.54) is 38.5 Å². The first-order chi connectivity index (χ1) is 14.9. The molecule has 2 aromatic rings. The van der Waals surface area contributed by atoms with Crippen LogP contribution in [-0.2, 0) is 6.73 Å². The lowest BCUT2D eigenvalue weighted by atomic mass is 9.47. The Balaban J connectivity index is 1.23. The van der Waals surface area contributed by atoms with Crippen LogP contribution in [0.1, 0.15) is 62.4 Å². The second-order valence-electron chi connectivity index (χ2n) is 9.80. The number of hydrogen-bond donors (Lipinski definition) is 1. The molecule has 4 fully saturated rings. The summed E-state index contributed by atoms with van der Waals surface area (Å²) in [4.78, 5) is 13.0. The average molecular weight is 507 g/mol. The average Bonchev–Trinajstić information content (AvgIpc) is 3.19. The zero-order valence-electron chi connectivity index (χ0n) is 17.8. The lowest BCUT2D eigenvalue weighted by Gasteiger charge is -2.59. The van der Waals surface area contributed by atoms with Gasteiger partial charge in [-0.2, -0.15) is 5.10 Å². The molecule has 1 heterocycles. The molecule has 0 saturated heterocycles. The van der Waals surface area contributed by atoms with Crippen molar-refractivity contribution in [2.45, 2.75) is 64.6 Å². The number of halogens is 2. The number of benzene rings is 1. The summed E-state index contributed by atoms with van der Waals surface area (Å²) in [6.45, 7) is 2.40. The molecule has 6 rings (SSSR count). The maximum absolute atomic E-state index is 13.0. The summed E-state index contributed by atoms with van der Waals surface area (Å²) in [6.07, 6.45) is 10.8. The van der Waals surface area contributed by atoms with E-state index in [4.69, 9.17) is 16.3 Å². The van der Waals surface area contributed by atoms with Crippen LogP contribution in [0.4, 0.5) is 0 Å². The van der Waals surface area contributed by atoms with Gasteiger partial charge in [-0.15, -0.1) is 0 Å². The van der Waals surface area contributed by atoms with E-state index in [9.17, 15) is 4.79 Å². The minimum Gasteiger partial charge on any atom is -0.470 e. The highest BCUT2D eigenvalue weighted by Gasteiger charge is 2.54. The van der Waals surface area contributed by atoms with Crippen molar-refractivity contribution in [1.29, 1.82) is 0 Å². The van der Waals surface area contributed by atoms with E-state index < -0.39 is 0 Å². The maximum Gasteiger partial charge on any atom is 0.272 e. The highest BCUT2D eigenvalue weighted by molar-refractivity contribution is 9.10. The van der Waals surface area contributed by atoms with Crippen LogP contribution >= 0.6 is 27.5 Å². The second-order valence-corrected chi connectivity index (χ2v) is 11.1. The van der Waals surface area contributed by atoms with Gasteiger partial charge < -0.3 is 10.1 Å². The van der Waals surface area contributed by atoms with Crippen LogP contribution < -0.4 is 10.1 Å². The summed E-state index contributed by atoms with van der Waals surface area (Å²) in [5, 5.41) is 8.32. The fourth-order valence-electron chi connectivity index (χ4n) is 6.81. The number of ether oxygens (including phenoxy) is 1. The molecule has 4 aliphatic rings. The molecule has 166 valence electrons. The molecule has 0 radical (unpaired) electrons. The van der Waals surface area contributed by atoms with Gasteiger partial charge >= 0.3 is 0 Å². The molecule has 7 heteroatoms. The van der Waals surface area contributed by atoms with Crippen molar-refractivity contribution in [3.8, 4) is 5.75 Å². The number of aromatic nitrogens is 2. The van der Waals surface area contributed by atoms with Gasteiger partial charge in [0.15, 0.2) is 6.73 Å². The van der Waals surface area contributed by atoms with Crippen LogP contribution in [-0.4, -0.2) is 21.7 Å². The van der Waals surface area contributed by atoms with Gasteiger partial charge in [0.1, 0.15) is 11.4 Å². The first-order valence-corrected chi connectivity index (χ1v) is 12.5. The summed E-state index contributed by atoms with van der Waals surface area (Å²) in [7, 11) is 0. The Labute approximate surface area is 197 Å². The van der Waals surface area contributed by atoms with Gasteiger partial charge in [0, 0.05) is 16.7 Å². The molecule has 1 aromatic heterocycles. The molecule has 0 spiro atoms. The van der Waals surface area contributed by atoms with Gasteiger partial charge in [-0.25, -0.2) is 4.68 Å². The topological polar surface area (TPSA) is 56.2 Å². The van der Waals surface area contributed by atoms with E-state index in [2.05, 4.69) is 33.3 Å². The third-order valence-electron chi connectivity index (χ3n) is 7.66. The Morgan fingerprint density at radius 3 is 2.55 bits per heavy atom. The fraction of sp³-hybridized carbons (Fsp3) is 0.583. The zero-order chi connectivity index (χ0) is 21.6. The molecule has 0 aliphatic heterocycles. The highest BCUT2D eigenvalue weighted by atomic mass is 79.9. The lowest BCUT2D eigenvalue weighted by Crippen LogP contribution is -2.56. The molecule has 1 N–H and O–H groups in total. The fourth-order valence-corrected chi connectivity index (χ4v) is 7.54. The standard InChI is InChI=1S/C24H29BrClN3O2/c1-2-22(24-11-15-7-16(12-24)9-17(8-15)13-24)27-23(30)20-5-6-29(28-20)14-31-21-4-3-18(25)10-19(21)26/h3-6,10,15-17,22H,2,7-9,11-14H2,1H3,(H,27,30). The summed E-state index contributed by atoms with van der Waals surface area (Å²) < 4.78 is 8.27. The van der Waals surface area contributed by atoms with E-state index in [1.54, 1.807) is 29.1 Å². The Kier molecular flexibility index (Phi) is 5.80. The Hall–Kier alpha value is -1.53. The lowest BCUT2D eigenvalue weighted by molar-refractivity contribution is -0.0727. The van der Waals surface area contributed by atoms with Gasteiger partial charge in [-0.05, 0) is 92.4 Å². The smallest absolute Gasteiger partial charge is 0.272 e. The van der Waals surface area contributed by atoms with Gasteiger partial charge in [0.25, 0.3) is 5.91 Å². The number of carbonyl (C=O) groups is 1. The number of carbonyl (C=O) groups excluding carboxylic acids is 1. The monoisotopic (exact) mass is 505 g/mol. The van der Waals surface area contributed by atoms with Crippen molar-refractivity contribution >= 4 is 33.4 Å². The van der Waals surface area contributed by atoms with Crippen LogP contribution in [0, 0.1) is 23.2 Å². The first kappa shape index (κ1) is 21.3. The van der Waals surface area contributed by atoms with Crippen LogP contribution in [0.25, 0.3) is 0 Å². The van der Waals surface area contributed by atoms with Gasteiger partial charge in [-0.1, -0.05) is 34.5 Å². The molecule has 1 atom stereocenters. The number of amides is 1. The van der Waals surface area contributed by atoms with E-state index in [1.807, 2.05) is 6.07 Å². The second kappa shape index (κ2) is 8.43. The Bertz CT molecular complexity index is 940. The van der Waals surface area contributed by atoms with Crippen molar-refractivity contribution in [1.82, 2.24) is 15.1 Å². The molecule has 1 unspecified atom stereocenters. The Morgan fingerprint density at radius 2 is 1.94 bits per heavy atom. The molecule has 5 nitrogen and oxygen atoms in total. The van der Waals surface area contributed by atoms with Crippen molar-refractivity contribution in [2.24, 2.45) is 23.2 Å². The summed E-state index contributed by atoms with van der Waals surface area (Å²) in [5.74, 6) is 3.12. The molecule has 4 bridgehead atoms. The number of nitrogens with zero attached hydrogens (tertiary/aromatic N) is 2. The summed E-state index contributed by atoms with van der Waals surface area (Å²) in [6, 6.07) is 7.46. The van der Waals surface area contributed by atoms with Gasteiger partial charge in [0.2, 0.25) is 0 Å². The summed E-state index contributed by atoms with van der Waals surface area (Å²) >= 11 is 9.59. The van der Waals surface area contributed by atoms with E-state index in [0.29, 0.717) is 21.9 Å². The van der Waals surface area contributed by atoms with E-state index in [0.717, 1.165) is 28.6 Å². The third kappa shape index (κ3) is 4.25. The largest absolute Gasteiger partial charge is 0.470 e. The van der Waals surface area contributed by atoms with Crippen molar-refractivity contribution in [2.75, 3.05) is 0 Å². The van der Waals surface area contributed by atoms with Crippen LogP contribution in [0.15, 0.2) is 34.9 Å². The van der Waals surface area contributed by atoms with Crippen molar-refractivity contribution in [3.63, 3.8) is 0 Å². The predicted molar refractivity (Wildman–Crippen MR) is 124 cm³/mol. The predicted octanol–water partition coefficient (Wildman–Crippen LogP) is 6.06. The normalized spacial score (nSPS) is 29.7. The zero-order valence-corrected chi connectivity index (χ0v) is 20.2. The molecule has 1 amide bonds. The third-order valence-corrected chi connectivity index (χ3v) is 8.45. The van der Waals surface area contributed by atoms with E-state index in [-0.39, 0.29) is 18.7 Å². The Morgan fingerprint density at radius 1 is 1.26 bits per heavy atom. The van der Waals surface area contributed by atoms with Crippen LogP contribution in [0.3, 0.4) is 0 Å². The molecule has 4 saturated carbocycles. The summed E-state index contributed by atoms with van der Waals surface area (Å²) in [5.41, 5.74) is 0.733. The minimum atomic E-state index is -0.0805. The SMILES string of the molecule is CCC(NC(=O)c1ccn(COc2ccc(Br)cc2Cl)n1)C12CC3CC(CC(C3)C1)C2. The molecule has 4 aliphatic carbocycles. The quantitative estimate of drug-likeness (QED) is 0.496. The molecule has 1 aromatic carbocycles. The van der Waals surface area contributed by atoms with Crippen LogP contribution in [0.5, 0.6) is 5.75 Å². The van der Waals surface area contributed by atoms with Crippen LogP contribution in [0.2, 0.25) is 5.02 Å². The number of rotatable bonds is 7. The van der Waals surface area contributed by atoms with Crippen molar-refractivity contribution < 1.29 is 9.53 Å². The minimum absolute atomic E-state index is 0.0805. The first-order valence-electron chi connectivity index (χ1n) is 11.4. The molecular formula is C24H29BrClN3O2. The van der Waals surface area contributed by atoms with Gasteiger partial charge in [-0.3, -0.25) is 4.79 Å². The number of hydrogen-bond acceptors (Lipinski definition) is 3. The maximum atomic E-state index is 13.0. The van der Waals surface area contributed by atoms with Gasteiger partial charge in [0.05, 0.1) is 5.02 Å². The number of nitrogens with one attached hydrogen (secondary N) is 1. The molecular weight excluding hydrogens is 478 g/mol. The highest BCUT2D eigenvalue weighted by Crippen LogP contribution is 2.61.